The molecule has 1 aromatic carbocycles. The smallest absolute Gasteiger partial charge is 0.179 e. The van der Waals surface area contributed by atoms with E-state index in [1.54, 1.807) is 12.1 Å². The minimum atomic E-state index is -0.00822. The number of rotatable bonds is 3. The number of anilines is 1. The number of carbonyl (C=O) groups is 1. The van der Waals surface area contributed by atoms with Gasteiger partial charge in [0.2, 0.25) is 0 Å². The van der Waals surface area contributed by atoms with Crippen LogP contribution < -0.4 is 5.73 Å². The lowest BCUT2D eigenvalue weighted by Crippen LogP contribution is -2.36. The summed E-state index contributed by atoms with van der Waals surface area (Å²) in [6.07, 6.45) is 2.42. The number of nitrogens with zero attached hydrogens (tertiary/aromatic N) is 1. The zero-order valence-corrected chi connectivity index (χ0v) is 9.65. The molecule has 0 aromatic heterocycles. The number of hydrogen-bond donors (Lipinski definition) is 1. The standard InChI is InChI=1S/C13H18N2O/c1-10(15-8-2-3-9-15)13(16)11-4-6-12(14)7-5-11/h4-7,10H,2-3,8-9,14H2,1H3. The lowest BCUT2D eigenvalue weighted by atomic mass is 10.0. The first kappa shape index (κ1) is 11.1. The van der Waals surface area contributed by atoms with Crippen LogP contribution in [0.1, 0.15) is 30.1 Å². The lowest BCUT2D eigenvalue weighted by Gasteiger charge is -2.22. The SMILES string of the molecule is CC(C(=O)c1ccc(N)cc1)N1CCCC1. The maximum atomic E-state index is 12.2. The molecule has 1 aliphatic heterocycles. The van der Waals surface area contributed by atoms with Gasteiger partial charge in [-0.15, -0.1) is 0 Å². The summed E-state index contributed by atoms with van der Waals surface area (Å²) in [5, 5.41) is 0. The van der Waals surface area contributed by atoms with Crippen molar-refractivity contribution in [2.24, 2.45) is 0 Å². The average molecular weight is 218 g/mol. The quantitative estimate of drug-likeness (QED) is 0.623. The maximum absolute atomic E-state index is 12.2. The van der Waals surface area contributed by atoms with Gasteiger partial charge >= 0.3 is 0 Å². The Balaban J connectivity index is 2.08. The average Bonchev–Trinajstić information content (AvgIpc) is 2.81. The van der Waals surface area contributed by atoms with Crippen molar-refractivity contribution in [2.75, 3.05) is 18.8 Å². The van der Waals surface area contributed by atoms with Crippen molar-refractivity contribution in [3.05, 3.63) is 29.8 Å². The normalized spacial score (nSPS) is 18.6. The molecule has 0 spiro atoms. The zero-order chi connectivity index (χ0) is 11.5. The van der Waals surface area contributed by atoms with Gasteiger partial charge in [0.15, 0.2) is 5.78 Å². The van der Waals surface area contributed by atoms with E-state index in [4.69, 9.17) is 5.73 Å². The molecule has 0 radical (unpaired) electrons. The summed E-state index contributed by atoms with van der Waals surface area (Å²) in [7, 11) is 0. The topological polar surface area (TPSA) is 46.3 Å². The third-order valence-electron chi connectivity index (χ3n) is 3.26. The number of benzene rings is 1. The number of nitrogens with two attached hydrogens (primary N) is 1. The van der Waals surface area contributed by atoms with Gasteiger partial charge in [0, 0.05) is 11.3 Å². The summed E-state index contributed by atoms with van der Waals surface area (Å²) < 4.78 is 0. The highest BCUT2D eigenvalue weighted by Gasteiger charge is 2.24. The number of nitrogen functional groups attached to an aromatic ring is 1. The van der Waals surface area contributed by atoms with Crippen LogP contribution in [-0.4, -0.2) is 29.8 Å². The summed E-state index contributed by atoms with van der Waals surface area (Å²) in [5.41, 5.74) is 7.06. The van der Waals surface area contributed by atoms with E-state index < -0.39 is 0 Å². The van der Waals surface area contributed by atoms with Crippen LogP contribution >= 0.6 is 0 Å². The van der Waals surface area contributed by atoms with Crippen LogP contribution in [0.3, 0.4) is 0 Å². The molecule has 16 heavy (non-hydrogen) atoms. The van der Waals surface area contributed by atoms with E-state index in [2.05, 4.69) is 4.90 Å². The Morgan fingerprint density at radius 2 is 1.81 bits per heavy atom. The van der Waals surface area contributed by atoms with Gasteiger partial charge < -0.3 is 5.73 Å². The van der Waals surface area contributed by atoms with Crippen molar-refractivity contribution in [3.8, 4) is 0 Å². The van der Waals surface area contributed by atoms with Crippen LogP contribution in [0.4, 0.5) is 5.69 Å². The minimum absolute atomic E-state index is 0.00822. The fraction of sp³-hybridized carbons (Fsp3) is 0.462. The second-order valence-electron chi connectivity index (χ2n) is 4.41. The van der Waals surface area contributed by atoms with Crippen molar-refractivity contribution in [3.63, 3.8) is 0 Å². The number of carbonyl (C=O) groups excluding carboxylic acids is 1. The van der Waals surface area contributed by atoms with E-state index in [1.807, 2.05) is 19.1 Å². The Kier molecular flexibility index (Phi) is 3.25. The molecule has 0 amide bonds. The molecule has 1 atom stereocenters. The molecule has 0 bridgehead atoms. The van der Waals surface area contributed by atoms with Gasteiger partial charge in [-0.05, 0) is 57.1 Å². The van der Waals surface area contributed by atoms with E-state index >= 15 is 0 Å². The summed E-state index contributed by atoms with van der Waals surface area (Å²) in [5.74, 6) is 0.196. The third kappa shape index (κ3) is 2.25. The van der Waals surface area contributed by atoms with E-state index in [0.717, 1.165) is 18.7 Å². The predicted octanol–water partition coefficient (Wildman–Crippen LogP) is 1.94. The first-order valence-corrected chi connectivity index (χ1v) is 5.82. The Morgan fingerprint density at radius 3 is 2.38 bits per heavy atom. The molecule has 2 N–H and O–H groups in total. The molecule has 3 heteroatoms. The Morgan fingerprint density at radius 1 is 1.25 bits per heavy atom. The predicted molar refractivity (Wildman–Crippen MR) is 65.5 cm³/mol. The van der Waals surface area contributed by atoms with Gasteiger partial charge in [0.25, 0.3) is 0 Å². The molecule has 86 valence electrons. The number of ketones is 1. The molecule has 1 unspecified atom stereocenters. The Labute approximate surface area is 96.2 Å². The van der Waals surface area contributed by atoms with Gasteiger partial charge in [-0.3, -0.25) is 9.69 Å². The summed E-state index contributed by atoms with van der Waals surface area (Å²) in [4.78, 5) is 14.4. The highest BCUT2D eigenvalue weighted by atomic mass is 16.1. The fourth-order valence-corrected chi connectivity index (χ4v) is 2.18. The largest absolute Gasteiger partial charge is 0.399 e. The highest BCUT2D eigenvalue weighted by molar-refractivity contribution is 6.00. The van der Waals surface area contributed by atoms with Gasteiger partial charge in [0.05, 0.1) is 6.04 Å². The molecule has 1 heterocycles. The van der Waals surface area contributed by atoms with Gasteiger partial charge in [-0.2, -0.15) is 0 Å². The van der Waals surface area contributed by atoms with Gasteiger partial charge in [-0.1, -0.05) is 0 Å². The molecule has 0 aliphatic carbocycles. The first-order valence-electron chi connectivity index (χ1n) is 5.82. The molecule has 1 fully saturated rings. The maximum Gasteiger partial charge on any atom is 0.179 e. The minimum Gasteiger partial charge on any atom is -0.399 e. The summed E-state index contributed by atoms with van der Waals surface area (Å²) in [6.45, 7) is 4.08. The lowest BCUT2D eigenvalue weighted by molar-refractivity contribution is 0.0867. The van der Waals surface area contributed by atoms with Crippen LogP contribution in [0.5, 0.6) is 0 Å². The third-order valence-corrected chi connectivity index (χ3v) is 3.26. The van der Waals surface area contributed by atoms with Crippen molar-refractivity contribution in [1.82, 2.24) is 4.90 Å². The van der Waals surface area contributed by atoms with Crippen LogP contribution in [-0.2, 0) is 0 Å². The van der Waals surface area contributed by atoms with E-state index in [-0.39, 0.29) is 11.8 Å². The fourth-order valence-electron chi connectivity index (χ4n) is 2.18. The molecule has 1 saturated heterocycles. The number of hydrogen-bond acceptors (Lipinski definition) is 3. The van der Waals surface area contributed by atoms with Crippen LogP contribution in [0.2, 0.25) is 0 Å². The van der Waals surface area contributed by atoms with E-state index in [1.165, 1.54) is 12.8 Å². The molecule has 1 aliphatic rings. The number of Topliss-reactive ketones (excluding diaryl/α,β-unsaturated/α-hetero) is 1. The molecular weight excluding hydrogens is 200 g/mol. The Hall–Kier alpha value is -1.35. The van der Waals surface area contributed by atoms with Crippen LogP contribution in [0.15, 0.2) is 24.3 Å². The van der Waals surface area contributed by atoms with Gasteiger partial charge in [-0.25, -0.2) is 0 Å². The van der Waals surface area contributed by atoms with E-state index in [0.29, 0.717) is 5.69 Å². The molecule has 2 rings (SSSR count). The van der Waals surface area contributed by atoms with Gasteiger partial charge in [0.1, 0.15) is 0 Å². The summed E-state index contributed by atoms with van der Waals surface area (Å²) >= 11 is 0. The highest BCUT2D eigenvalue weighted by Crippen LogP contribution is 2.16. The zero-order valence-electron chi connectivity index (χ0n) is 9.65. The van der Waals surface area contributed by atoms with E-state index in [9.17, 15) is 4.79 Å². The molecule has 3 nitrogen and oxygen atoms in total. The molecule has 1 aromatic rings. The molecule has 0 saturated carbocycles. The summed E-state index contributed by atoms with van der Waals surface area (Å²) in [6, 6.07) is 7.17. The number of likely N-dealkylation sites (tertiary alicyclic amines) is 1. The second-order valence-corrected chi connectivity index (χ2v) is 4.41. The molecular formula is C13H18N2O. The van der Waals surface area contributed by atoms with Crippen molar-refractivity contribution in [1.29, 1.82) is 0 Å². The van der Waals surface area contributed by atoms with Crippen molar-refractivity contribution in [2.45, 2.75) is 25.8 Å². The monoisotopic (exact) mass is 218 g/mol. The second kappa shape index (κ2) is 4.66. The van der Waals surface area contributed by atoms with Crippen molar-refractivity contribution < 1.29 is 4.79 Å². The van der Waals surface area contributed by atoms with Crippen LogP contribution in [0.25, 0.3) is 0 Å². The first-order chi connectivity index (χ1) is 7.68. The van der Waals surface area contributed by atoms with Crippen molar-refractivity contribution >= 4 is 11.5 Å². The Bertz CT molecular complexity index is 366. The van der Waals surface area contributed by atoms with Crippen LogP contribution in [0, 0.1) is 0 Å².